The Morgan fingerprint density at radius 1 is 1.14 bits per heavy atom. The third-order valence-electron chi connectivity index (χ3n) is 3.54. The van der Waals surface area contributed by atoms with Crippen molar-refractivity contribution in [2.75, 3.05) is 0 Å². The second-order valence-corrected chi connectivity index (χ2v) is 5.52. The predicted molar refractivity (Wildman–Crippen MR) is 88.0 cm³/mol. The highest BCUT2D eigenvalue weighted by Gasteiger charge is 2.08. The van der Waals surface area contributed by atoms with Crippen LogP contribution in [0.2, 0.25) is 5.02 Å². The summed E-state index contributed by atoms with van der Waals surface area (Å²) in [6.07, 6.45) is 9.69. The zero-order valence-corrected chi connectivity index (χ0v) is 12.9. The summed E-state index contributed by atoms with van der Waals surface area (Å²) in [6.45, 7) is 2.16. The molecule has 0 amide bonds. The number of halogens is 2. The van der Waals surface area contributed by atoms with Gasteiger partial charge >= 0.3 is 0 Å². The predicted octanol–water partition coefficient (Wildman–Crippen LogP) is 5.86. The van der Waals surface area contributed by atoms with Gasteiger partial charge in [-0.25, -0.2) is 4.39 Å². The fourth-order valence-corrected chi connectivity index (χ4v) is 2.56. The van der Waals surface area contributed by atoms with Crippen LogP contribution in [0.1, 0.15) is 37.3 Å². The van der Waals surface area contributed by atoms with E-state index in [0.717, 1.165) is 24.0 Å². The van der Waals surface area contributed by atoms with Gasteiger partial charge in [-0.2, -0.15) is 0 Å². The molecule has 0 atom stereocenters. The summed E-state index contributed by atoms with van der Waals surface area (Å²) in [6, 6.07) is 10.7. The molecule has 0 N–H and O–H groups in total. The maximum Gasteiger partial charge on any atom is 0.131 e. The van der Waals surface area contributed by atoms with Gasteiger partial charge in [-0.3, -0.25) is 0 Å². The molecule has 2 rings (SSSR count). The van der Waals surface area contributed by atoms with Crippen LogP contribution in [0.15, 0.2) is 36.4 Å². The Hall–Kier alpha value is -1.78. The number of benzene rings is 2. The minimum absolute atomic E-state index is 0.214. The molecule has 0 radical (unpaired) electrons. The van der Waals surface area contributed by atoms with E-state index in [2.05, 4.69) is 12.8 Å². The first kappa shape index (κ1) is 15.6. The number of rotatable bonds is 5. The Morgan fingerprint density at radius 2 is 1.95 bits per heavy atom. The van der Waals surface area contributed by atoms with Gasteiger partial charge in [0.1, 0.15) is 5.82 Å². The van der Waals surface area contributed by atoms with Crippen LogP contribution < -0.4 is 0 Å². The largest absolute Gasteiger partial charge is 0.206 e. The second kappa shape index (κ2) is 7.29. The molecule has 0 saturated heterocycles. The van der Waals surface area contributed by atoms with E-state index >= 15 is 0 Å². The fourth-order valence-electron chi connectivity index (χ4n) is 2.33. The maximum absolute atomic E-state index is 14.3. The average molecular weight is 301 g/mol. The molecule has 2 heteroatoms. The quantitative estimate of drug-likeness (QED) is 0.479. The van der Waals surface area contributed by atoms with Gasteiger partial charge in [0.05, 0.1) is 5.02 Å². The summed E-state index contributed by atoms with van der Waals surface area (Å²) < 4.78 is 14.3. The Kier molecular flexibility index (Phi) is 5.42. The van der Waals surface area contributed by atoms with E-state index in [1.807, 2.05) is 12.1 Å². The molecule has 0 saturated carbocycles. The minimum atomic E-state index is -0.214. The van der Waals surface area contributed by atoms with Crippen molar-refractivity contribution in [3.63, 3.8) is 0 Å². The van der Waals surface area contributed by atoms with E-state index in [4.69, 9.17) is 18.0 Å². The molecule has 0 aliphatic rings. The van der Waals surface area contributed by atoms with Gasteiger partial charge in [-0.15, -0.1) is 6.42 Å². The van der Waals surface area contributed by atoms with Gasteiger partial charge in [0.25, 0.3) is 0 Å². The van der Waals surface area contributed by atoms with E-state index < -0.39 is 0 Å². The lowest BCUT2D eigenvalue weighted by molar-refractivity contribution is 0.626. The summed E-state index contributed by atoms with van der Waals surface area (Å²) in [7, 11) is 0. The minimum Gasteiger partial charge on any atom is -0.206 e. The number of unbranched alkanes of at least 4 members (excludes halogenated alkanes) is 2. The normalized spacial score (nSPS) is 10.4. The Labute approximate surface area is 131 Å². The molecule has 2 aromatic carbocycles. The average Bonchev–Trinajstić information content (AvgIpc) is 2.47. The lowest BCUT2D eigenvalue weighted by atomic mass is 10.00. The fraction of sp³-hybridized carbons (Fsp3) is 0.263. The highest BCUT2D eigenvalue weighted by Crippen LogP contribution is 2.28. The van der Waals surface area contributed by atoms with Gasteiger partial charge in [0.2, 0.25) is 0 Å². The van der Waals surface area contributed by atoms with E-state index in [1.54, 1.807) is 24.3 Å². The van der Waals surface area contributed by atoms with Crippen molar-refractivity contribution in [3.8, 4) is 23.5 Å². The van der Waals surface area contributed by atoms with Crippen molar-refractivity contribution in [3.05, 3.63) is 58.4 Å². The summed E-state index contributed by atoms with van der Waals surface area (Å²) >= 11 is 6.08. The number of aryl methyl sites for hydroxylation is 1. The van der Waals surface area contributed by atoms with Crippen molar-refractivity contribution in [2.24, 2.45) is 0 Å². The molecule has 0 unspecified atom stereocenters. The van der Waals surface area contributed by atoms with Gasteiger partial charge in [0.15, 0.2) is 0 Å². The molecule has 0 nitrogen and oxygen atoms in total. The number of hydrogen-bond donors (Lipinski definition) is 0. The van der Waals surface area contributed by atoms with Crippen molar-refractivity contribution in [2.45, 2.75) is 32.6 Å². The monoisotopic (exact) mass is 300 g/mol. The molecular formula is C19H18ClF. The Balaban J connectivity index is 2.25. The van der Waals surface area contributed by atoms with Crippen molar-refractivity contribution < 1.29 is 4.39 Å². The third-order valence-corrected chi connectivity index (χ3v) is 3.85. The molecule has 0 aliphatic heterocycles. The summed E-state index contributed by atoms with van der Waals surface area (Å²) in [5.74, 6) is 2.29. The summed E-state index contributed by atoms with van der Waals surface area (Å²) in [4.78, 5) is 0. The number of hydrogen-bond acceptors (Lipinski definition) is 0. The molecule has 2 aromatic rings. The lowest BCUT2D eigenvalue weighted by Crippen LogP contribution is -1.91. The molecule has 0 fully saturated rings. The molecule has 0 bridgehead atoms. The Morgan fingerprint density at radius 3 is 2.57 bits per heavy atom. The SMILES string of the molecule is C#Cc1ccc(-c2ccc(CCCCC)cc2F)cc1Cl. The lowest BCUT2D eigenvalue weighted by Gasteiger charge is -2.08. The zero-order chi connectivity index (χ0) is 15.2. The van der Waals surface area contributed by atoms with Gasteiger partial charge in [-0.05, 0) is 42.2 Å². The highest BCUT2D eigenvalue weighted by atomic mass is 35.5. The standard InChI is InChI=1S/C19H18ClF/c1-3-5-6-7-14-8-11-17(19(21)12-14)16-10-9-15(4-2)18(20)13-16/h2,8-13H,3,5-7H2,1H3. The Bertz CT molecular complexity index is 668. The molecule has 21 heavy (non-hydrogen) atoms. The van der Waals surface area contributed by atoms with Crippen LogP contribution in [0.3, 0.4) is 0 Å². The van der Waals surface area contributed by atoms with E-state index in [-0.39, 0.29) is 5.82 Å². The maximum atomic E-state index is 14.3. The smallest absolute Gasteiger partial charge is 0.131 e. The van der Waals surface area contributed by atoms with Gasteiger partial charge in [-0.1, -0.05) is 55.5 Å². The first-order chi connectivity index (χ1) is 10.2. The molecule has 0 aliphatic carbocycles. The first-order valence-electron chi connectivity index (χ1n) is 7.20. The first-order valence-corrected chi connectivity index (χ1v) is 7.58. The van der Waals surface area contributed by atoms with Crippen LogP contribution in [-0.4, -0.2) is 0 Å². The van der Waals surface area contributed by atoms with Gasteiger partial charge < -0.3 is 0 Å². The molecule has 0 spiro atoms. The van der Waals surface area contributed by atoms with Crippen LogP contribution in [0.4, 0.5) is 4.39 Å². The number of terminal acetylenes is 1. The molecule has 0 aromatic heterocycles. The van der Waals surface area contributed by atoms with E-state index in [0.29, 0.717) is 16.1 Å². The highest BCUT2D eigenvalue weighted by molar-refractivity contribution is 6.32. The molecular weight excluding hydrogens is 283 g/mol. The molecule has 108 valence electrons. The van der Waals surface area contributed by atoms with E-state index in [1.165, 1.54) is 12.8 Å². The van der Waals surface area contributed by atoms with E-state index in [9.17, 15) is 4.39 Å². The third kappa shape index (κ3) is 3.86. The van der Waals surface area contributed by atoms with Crippen LogP contribution >= 0.6 is 11.6 Å². The van der Waals surface area contributed by atoms with Crippen LogP contribution in [-0.2, 0) is 6.42 Å². The van der Waals surface area contributed by atoms with Crippen LogP contribution in [0.5, 0.6) is 0 Å². The zero-order valence-electron chi connectivity index (χ0n) is 12.1. The van der Waals surface area contributed by atoms with Crippen molar-refractivity contribution in [1.82, 2.24) is 0 Å². The summed E-state index contributed by atoms with van der Waals surface area (Å²) in [5, 5.41) is 0.474. The second-order valence-electron chi connectivity index (χ2n) is 5.11. The van der Waals surface area contributed by atoms with Crippen LogP contribution in [0, 0.1) is 18.2 Å². The molecule has 0 heterocycles. The van der Waals surface area contributed by atoms with Gasteiger partial charge in [0, 0.05) is 11.1 Å². The van der Waals surface area contributed by atoms with Crippen LogP contribution in [0.25, 0.3) is 11.1 Å². The van der Waals surface area contributed by atoms with Crippen molar-refractivity contribution in [1.29, 1.82) is 0 Å². The topological polar surface area (TPSA) is 0 Å². The summed E-state index contributed by atoms with van der Waals surface area (Å²) in [5.41, 5.74) is 2.96. The van der Waals surface area contributed by atoms with Crippen molar-refractivity contribution >= 4 is 11.6 Å².